The number of aromatic nitrogens is 2. The van der Waals surface area contributed by atoms with E-state index in [2.05, 4.69) is 5.10 Å². The second-order valence-corrected chi connectivity index (χ2v) is 8.44. The third-order valence-corrected chi connectivity index (χ3v) is 6.32. The maximum absolute atomic E-state index is 13.1. The molecule has 0 fully saturated rings. The lowest BCUT2D eigenvalue weighted by molar-refractivity contribution is 0.416. The molecule has 8 heteroatoms. The Balaban J connectivity index is 2.30. The van der Waals surface area contributed by atoms with Crippen molar-refractivity contribution >= 4 is 44.9 Å². The summed E-state index contributed by atoms with van der Waals surface area (Å²) in [4.78, 5) is 13.1. The number of fused-ring (bicyclic) bond motifs is 1. The number of ether oxygens (including phenoxy) is 1. The van der Waals surface area contributed by atoms with E-state index in [-0.39, 0.29) is 16.1 Å². The smallest absolute Gasteiger partial charge is 0.216 e. The highest BCUT2D eigenvalue weighted by Crippen LogP contribution is 2.32. The number of para-hydroxylation sites is 1. The Bertz CT molecular complexity index is 1080. The molecule has 0 aliphatic carbocycles. The third-order valence-electron chi connectivity index (χ3n) is 4.22. The molecule has 0 spiro atoms. The molecule has 0 radical (unpaired) electrons. The van der Waals surface area contributed by atoms with Crippen molar-refractivity contribution in [3.05, 3.63) is 56.7 Å². The van der Waals surface area contributed by atoms with Crippen LogP contribution in [0.3, 0.4) is 0 Å². The predicted molar refractivity (Wildman–Crippen MR) is 112 cm³/mol. The summed E-state index contributed by atoms with van der Waals surface area (Å²) >= 11 is 12.4. The maximum atomic E-state index is 13.1. The molecule has 0 amide bonds. The van der Waals surface area contributed by atoms with E-state index in [0.717, 1.165) is 0 Å². The molecule has 1 heterocycles. The fourth-order valence-electron chi connectivity index (χ4n) is 2.84. The number of rotatable bonds is 6. The Hall–Kier alpha value is -1.89. The van der Waals surface area contributed by atoms with E-state index in [0.29, 0.717) is 45.3 Å². The molecule has 0 N–H and O–H groups in total. The van der Waals surface area contributed by atoms with Crippen LogP contribution in [0.5, 0.6) is 5.75 Å². The van der Waals surface area contributed by atoms with E-state index < -0.39 is 10.8 Å². The van der Waals surface area contributed by atoms with E-state index in [1.165, 1.54) is 7.11 Å². The van der Waals surface area contributed by atoms with Gasteiger partial charge in [-0.2, -0.15) is 5.10 Å². The fourth-order valence-corrected chi connectivity index (χ4v) is 3.89. The lowest BCUT2D eigenvalue weighted by Crippen LogP contribution is -2.20. The summed E-state index contributed by atoms with van der Waals surface area (Å²) in [6.07, 6.45) is 0. The topological polar surface area (TPSA) is 61.2 Å². The molecule has 2 aromatic carbocycles. The zero-order chi connectivity index (χ0) is 19.6. The first-order valence-electron chi connectivity index (χ1n) is 8.35. The summed E-state index contributed by atoms with van der Waals surface area (Å²) in [5, 5.41) is 5.61. The molecular weight excluding hydrogens is 407 g/mol. The van der Waals surface area contributed by atoms with E-state index in [4.69, 9.17) is 27.9 Å². The highest BCUT2D eigenvalue weighted by Gasteiger charge is 2.18. The summed E-state index contributed by atoms with van der Waals surface area (Å²) in [5.74, 6) is 1.51. The van der Waals surface area contributed by atoms with Crippen LogP contribution in [0, 0.1) is 0 Å². The van der Waals surface area contributed by atoms with Crippen molar-refractivity contribution in [3.63, 3.8) is 0 Å². The van der Waals surface area contributed by atoms with Gasteiger partial charge in [0.15, 0.2) is 0 Å². The van der Waals surface area contributed by atoms with Crippen LogP contribution in [0.2, 0.25) is 10.0 Å². The molecule has 1 aromatic heterocycles. The molecular formula is C19H18Cl2N2O3S. The minimum atomic E-state index is -0.970. The average Bonchev–Trinajstić information content (AvgIpc) is 2.69. The zero-order valence-corrected chi connectivity index (χ0v) is 17.2. The lowest BCUT2D eigenvalue weighted by atomic mass is 10.1. The van der Waals surface area contributed by atoms with Crippen molar-refractivity contribution in [1.29, 1.82) is 0 Å². The summed E-state index contributed by atoms with van der Waals surface area (Å²) in [5.41, 5.74) is 0.968. The van der Waals surface area contributed by atoms with Crippen LogP contribution in [0.25, 0.3) is 22.2 Å². The van der Waals surface area contributed by atoms with Crippen LogP contribution >= 0.6 is 23.2 Å². The molecule has 27 heavy (non-hydrogen) atoms. The molecule has 3 aromatic rings. The monoisotopic (exact) mass is 424 g/mol. The number of halogens is 2. The van der Waals surface area contributed by atoms with Crippen molar-refractivity contribution in [1.82, 2.24) is 9.78 Å². The second-order valence-electron chi connectivity index (χ2n) is 5.79. The van der Waals surface area contributed by atoms with Gasteiger partial charge >= 0.3 is 0 Å². The molecule has 5 nitrogen and oxygen atoms in total. The number of nitrogens with zero attached hydrogens (tertiary/aromatic N) is 2. The minimum Gasteiger partial charge on any atom is -0.494 e. The highest BCUT2D eigenvalue weighted by molar-refractivity contribution is 7.84. The summed E-state index contributed by atoms with van der Waals surface area (Å²) < 4.78 is 19.0. The molecule has 0 saturated carbocycles. The molecule has 0 aliphatic heterocycles. The fraction of sp³-hybridized carbons (Fsp3) is 0.263. The van der Waals surface area contributed by atoms with Crippen LogP contribution in [0.4, 0.5) is 0 Å². The van der Waals surface area contributed by atoms with Crippen molar-refractivity contribution < 1.29 is 8.95 Å². The van der Waals surface area contributed by atoms with Gasteiger partial charge in [-0.15, -0.1) is 0 Å². The van der Waals surface area contributed by atoms with E-state index in [1.54, 1.807) is 41.1 Å². The molecule has 142 valence electrons. The quantitative estimate of drug-likeness (QED) is 0.596. The van der Waals surface area contributed by atoms with E-state index >= 15 is 0 Å². The van der Waals surface area contributed by atoms with Gasteiger partial charge in [0.25, 0.3) is 0 Å². The Morgan fingerprint density at radius 2 is 1.93 bits per heavy atom. The molecule has 3 rings (SSSR count). The number of aryl methyl sites for hydroxylation is 1. The van der Waals surface area contributed by atoms with Gasteiger partial charge in [-0.25, -0.2) is 0 Å². The van der Waals surface area contributed by atoms with Crippen LogP contribution in [0.1, 0.15) is 6.92 Å². The summed E-state index contributed by atoms with van der Waals surface area (Å²) in [7, 11) is 0.567. The number of methoxy groups -OCH3 is 1. The first kappa shape index (κ1) is 19.9. The SMILES string of the molecule is CCS(=O)CCn1nc(-c2cccc(Cl)c2Cl)c(=O)c2cccc(OC)c21. The van der Waals surface area contributed by atoms with Crippen LogP contribution in [0.15, 0.2) is 41.2 Å². The van der Waals surface area contributed by atoms with Gasteiger partial charge in [-0.1, -0.05) is 48.3 Å². The van der Waals surface area contributed by atoms with Crippen LogP contribution < -0.4 is 10.2 Å². The largest absolute Gasteiger partial charge is 0.494 e. The second kappa shape index (κ2) is 8.42. The van der Waals surface area contributed by atoms with Gasteiger partial charge in [0, 0.05) is 27.9 Å². The Morgan fingerprint density at radius 1 is 1.19 bits per heavy atom. The predicted octanol–water partition coefficient (Wildman–Crippen LogP) is 4.15. The lowest BCUT2D eigenvalue weighted by Gasteiger charge is -2.15. The van der Waals surface area contributed by atoms with Crippen LogP contribution in [-0.4, -0.2) is 32.6 Å². The molecule has 1 unspecified atom stereocenters. The van der Waals surface area contributed by atoms with Gasteiger partial charge in [0.2, 0.25) is 5.43 Å². The number of hydrogen-bond donors (Lipinski definition) is 0. The molecule has 0 aliphatic rings. The average molecular weight is 425 g/mol. The van der Waals surface area contributed by atoms with Gasteiger partial charge in [0.05, 0.1) is 29.1 Å². The van der Waals surface area contributed by atoms with Crippen molar-refractivity contribution in [2.75, 3.05) is 18.6 Å². The van der Waals surface area contributed by atoms with Gasteiger partial charge < -0.3 is 4.74 Å². The van der Waals surface area contributed by atoms with Crippen molar-refractivity contribution in [3.8, 4) is 17.0 Å². The van der Waals surface area contributed by atoms with Gasteiger partial charge in [0.1, 0.15) is 17.0 Å². The van der Waals surface area contributed by atoms with Crippen LogP contribution in [-0.2, 0) is 17.3 Å². The highest BCUT2D eigenvalue weighted by atomic mass is 35.5. The molecule has 0 saturated heterocycles. The zero-order valence-electron chi connectivity index (χ0n) is 14.9. The minimum absolute atomic E-state index is 0.200. The summed E-state index contributed by atoms with van der Waals surface area (Å²) in [6.45, 7) is 2.24. The van der Waals surface area contributed by atoms with E-state index in [1.807, 2.05) is 6.92 Å². The third kappa shape index (κ3) is 3.88. The number of benzene rings is 2. The normalized spacial score (nSPS) is 12.3. The van der Waals surface area contributed by atoms with Gasteiger partial charge in [-0.3, -0.25) is 13.7 Å². The Morgan fingerprint density at radius 3 is 2.63 bits per heavy atom. The first-order chi connectivity index (χ1) is 13.0. The summed E-state index contributed by atoms with van der Waals surface area (Å²) in [6, 6.07) is 10.3. The standard InChI is InChI=1S/C19H18Cl2N2O3S/c1-3-27(25)11-10-23-18-13(7-5-9-15(18)26-2)19(24)17(22-23)12-6-4-8-14(20)16(12)21/h4-9H,3,10-11H2,1-2H3. The Labute approximate surface area is 169 Å². The maximum Gasteiger partial charge on any atom is 0.216 e. The molecule has 0 bridgehead atoms. The number of hydrogen-bond acceptors (Lipinski definition) is 4. The van der Waals surface area contributed by atoms with E-state index in [9.17, 15) is 9.00 Å². The van der Waals surface area contributed by atoms with Crippen molar-refractivity contribution in [2.24, 2.45) is 0 Å². The Kier molecular flexibility index (Phi) is 6.19. The van der Waals surface area contributed by atoms with Gasteiger partial charge in [-0.05, 0) is 18.2 Å². The molecule has 1 atom stereocenters. The van der Waals surface area contributed by atoms with Crippen molar-refractivity contribution in [2.45, 2.75) is 13.5 Å². The first-order valence-corrected chi connectivity index (χ1v) is 10.6.